The lowest BCUT2D eigenvalue weighted by atomic mass is 10.1. The van der Waals surface area contributed by atoms with Crippen LogP contribution >= 0.6 is 0 Å². The van der Waals surface area contributed by atoms with Crippen LogP contribution in [0.4, 0.5) is 0 Å². The average molecular weight is 452 g/mol. The average Bonchev–Trinajstić information content (AvgIpc) is 3.26. The molecular weight excluding hydrogens is 422 g/mol. The van der Waals surface area contributed by atoms with E-state index in [1.165, 1.54) is 0 Å². The van der Waals surface area contributed by atoms with Crippen LogP contribution in [0.1, 0.15) is 48.1 Å². The van der Waals surface area contributed by atoms with Crippen LogP contribution in [0.5, 0.6) is 11.5 Å². The van der Waals surface area contributed by atoms with Crippen LogP contribution in [-0.4, -0.2) is 41.2 Å². The largest absolute Gasteiger partial charge is 0.490 e. The summed E-state index contributed by atoms with van der Waals surface area (Å²) in [6.45, 7) is 4.40. The van der Waals surface area contributed by atoms with Crippen LogP contribution in [0, 0.1) is 0 Å². The molecule has 0 radical (unpaired) electrons. The maximum atomic E-state index is 12.6. The molecule has 0 spiro atoms. The first-order chi connectivity index (χ1) is 16.0. The van der Waals surface area contributed by atoms with Crippen LogP contribution in [0.2, 0.25) is 0 Å². The summed E-state index contributed by atoms with van der Waals surface area (Å²) in [6.07, 6.45) is 4.33. The number of nitrogens with one attached hydrogen (secondary N) is 1. The number of carbonyl (C=O) groups is 2. The Bertz CT molecular complexity index is 1060. The second kappa shape index (κ2) is 11.7. The zero-order chi connectivity index (χ0) is 23.6. The predicted molar refractivity (Wildman–Crippen MR) is 123 cm³/mol. The van der Waals surface area contributed by atoms with E-state index in [1.54, 1.807) is 30.6 Å². The number of benzene rings is 2. The normalized spacial score (nSPS) is 11.5. The monoisotopic (exact) mass is 451 g/mol. The molecule has 0 saturated heterocycles. The molecule has 3 aromatic rings. The number of esters is 1. The molecule has 3 rings (SSSR count). The molecule has 0 bridgehead atoms. The van der Waals surface area contributed by atoms with Gasteiger partial charge in [-0.25, -0.2) is 9.78 Å². The Morgan fingerprint density at radius 3 is 2.52 bits per heavy atom. The molecule has 0 aliphatic rings. The number of carbonyl (C=O) groups excluding carboxylic acids is 2. The summed E-state index contributed by atoms with van der Waals surface area (Å²) in [5.41, 5.74) is 1.15. The number of hydrogen-bond acceptors (Lipinski definition) is 6. The first-order valence-corrected chi connectivity index (χ1v) is 10.9. The summed E-state index contributed by atoms with van der Waals surface area (Å²) in [5, 5.41) is 2.90. The van der Waals surface area contributed by atoms with Crippen molar-refractivity contribution in [3.63, 3.8) is 0 Å². The van der Waals surface area contributed by atoms with E-state index in [0.717, 1.165) is 12.0 Å². The second-order valence-electron chi connectivity index (χ2n) is 7.33. The highest BCUT2D eigenvalue weighted by Gasteiger charge is 2.21. The summed E-state index contributed by atoms with van der Waals surface area (Å²) >= 11 is 0. The molecule has 33 heavy (non-hydrogen) atoms. The maximum absolute atomic E-state index is 12.6. The van der Waals surface area contributed by atoms with E-state index in [4.69, 9.17) is 14.2 Å². The molecular formula is C25H29N3O5. The number of amides is 1. The maximum Gasteiger partial charge on any atom is 0.338 e. The van der Waals surface area contributed by atoms with Gasteiger partial charge in [0.05, 0.1) is 18.8 Å². The first kappa shape index (κ1) is 23.8. The van der Waals surface area contributed by atoms with Gasteiger partial charge in [0.25, 0.3) is 5.91 Å². The highest BCUT2D eigenvalue weighted by molar-refractivity contribution is 5.92. The van der Waals surface area contributed by atoms with Gasteiger partial charge < -0.3 is 24.1 Å². The first-order valence-electron chi connectivity index (χ1n) is 10.9. The summed E-state index contributed by atoms with van der Waals surface area (Å²) in [5.74, 6) is 0.636. The van der Waals surface area contributed by atoms with E-state index in [-0.39, 0.29) is 5.56 Å². The van der Waals surface area contributed by atoms with Gasteiger partial charge in [-0.3, -0.25) is 4.79 Å². The molecule has 0 aliphatic heterocycles. The Balaban J connectivity index is 1.66. The van der Waals surface area contributed by atoms with E-state index in [9.17, 15) is 9.59 Å². The third kappa shape index (κ3) is 6.35. The smallest absolute Gasteiger partial charge is 0.338 e. The quantitative estimate of drug-likeness (QED) is 0.447. The topological polar surface area (TPSA) is 91.7 Å². The van der Waals surface area contributed by atoms with Gasteiger partial charge in [0.1, 0.15) is 11.9 Å². The van der Waals surface area contributed by atoms with E-state index in [0.29, 0.717) is 30.5 Å². The fourth-order valence-electron chi connectivity index (χ4n) is 3.25. The lowest BCUT2D eigenvalue weighted by Crippen LogP contribution is -2.34. The number of imidazole rings is 1. The molecule has 8 heteroatoms. The molecule has 0 aliphatic carbocycles. The molecule has 1 atom stereocenters. The molecule has 2 aromatic carbocycles. The minimum atomic E-state index is -0.624. The summed E-state index contributed by atoms with van der Waals surface area (Å²) in [6, 6.07) is 13.8. The summed E-state index contributed by atoms with van der Waals surface area (Å²) in [4.78, 5) is 29.6. The SMILES string of the molecule is CCCOc1ccc(C(=O)OCC(=O)NC(c2ccccc2)c2nccn2C)cc1OCC. The molecule has 1 unspecified atom stereocenters. The fourth-order valence-corrected chi connectivity index (χ4v) is 3.25. The van der Waals surface area contributed by atoms with Crippen molar-refractivity contribution >= 4 is 11.9 Å². The standard InChI is InChI=1S/C25H29N3O5/c1-4-15-32-20-12-11-19(16-21(20)31-5-2)25(30)33-17-22(29)27-23(18-9-7-6-8-10-18)24-26-13-14-28(24)3/h6-14,16,23H,4-5,15,17H2,1-3H3,(H,27,29). The molecule has 1 aromatic heterocycles. The van der Waals surface area contributed by atoms with Crippen molar-refractivity contribution in [2.75, 3.05) is 19.8 Å². The third-order valence-corrected chi connectivity index (χ3v) is 4.83. The van der Waals surface area contributed by atoms with Gasteiger partial charge in [0.2, 0.25) is 0 Å². The van der Waals surface area contributed by atoms with Gasteiger partial charge in [-0.2, -0.15) is 0 Å². The number of nitrogens with zero attached hydrogens (tertiary/aromatic N) is 2. The molecule has 1 N–H and O–H groups in total. The highest BCUT2D eigenvalue weighted by Crippen LogP contribution is 2.29. The predicted octanol–water partition coefficient (Wildman–Crippen LogP) is 3.67. The van der Waals surface area contributed by atoms with Crippen LogP contribution in [-0.2, 0) is 16.6 Å². The highest BCUT2D eigenvalue weighted by atomic mass is 16.5. The van der Waals surface area contributed by atoms with Crippen molar-refractivity contribution in [1.29, 1.82) is 0 Å². The van der Waals surface area contributed by atoms with Crippen molar-refractivity contribution in [3.8, 4) is 11.5 Å². The molecule has 174 valence electrons. The Morgan fingerprint density at radius 1 is 1.06 bits per heavy atom. The van der Waals surface area contributed by atoms with E-state index >= 15 is 0 Å². The number of hydrogen-bond donors (Lipinski definition) is 1. The van der Waals surface area contributed by atoms with Crippen molar-refractivity contribution in [3.05, 3.63) is 77.9 Å². The summed E-state index contributed by atoms with van der Waals surface area (Å²) < 4.78 is 18.3. The minimum absolute atomic E-state index is 0.277. The van der Waals surface area contributed by atoms with Crippen molar-refractivity contribution in [2.24, 2.45) is 7.05 Å². The zero-order valence-electron chi connectivity index (χ0n) is 19.1. The number of rotatable bonds is 11. The third-order valence-electron chi connectivity index (χ3n) is 4.83. The Hall–Kier alpha value is -3.81. The second-order valence-corrected chi connectivity index (χ2v) is 7.33. The molecule has 0 saturated carbocycles. The lowest BCUT2D eigenvalue weighted by molar-refractivity contribution is -0.124. The summed E-state index contributed by atoms with van der Waals surface area (Å²) in [7, 11) is 1.86. The van der Waals surface area contributed by atoms with Crippen LogP contribution in [0.15, 0.2) is 60.9 Å². The Labute approximate surface area is 193 Å². The minimum Gasteiger partial charge on any atom is -0.490 e. The van der Waals surface area contributed by atoms with Crippen molar-refractivity contribution < 1.29 is 23.8 Å². The van der Waals surface area contributed by atoms with E-state index in [1.807, 2.05) is 55.8 Å². The van der Waals surface area contributed by atoms with Gasteiger partial charge in [0, 0.05) is 19.4 Å². The van der Waals surface area contributed by atoms with Gasteiger partial charge >= 0.3 is 5.97 Å². The molecule has 1 amide bonds. The number of aryl methyl sites for hydroxylation is 1. The van der Waals surface area contributed by atoms with Crippen LogP contribution in [0.25, 0.3) is 0 Å². The molecule has 1 heterocycles. The van der Waals surface area contributed by atoms with E-state index in [2.05, 4.69) is 10.3 Å². The number of aromatic nitrogens is 2. The Morgan fingerprint density at radius 2 is 1.85 bits per heavy atom. The Kier molecular flexibility index (Phi) is 8.46. The fraction of sp³-hybridized carbons (Fsp3) is 0.320. The lowest BCUT2D eigenvalue weighted by Gasteiger charge is -2.19. The van der Waals surface area contributed by atoms with Gasteiger partial charge in [-0.05, 0) is 37.1 Å². The van der Waals surface area contributed by atoms with Crippen molar-refractivity contribution in [1.82, 2.24) is 14.9 Å². The van der Waals surface area contributed by atoms with Crippen LogP contribution in [0.3, 0.4) is 0 Å². The molecule has 0 fully saturated rings. The van der Waals surface area contributed by atoms with E-state index < -0.39 is 24.5 Å². The zero-order valence-corrected chi connectivity index (χ0v) is 19.1. The van der Waals surface area contributed by atoms with Crippen LogP contribution < -0.4 is 14.8 Å². The van der Waals surface area contributed by atoms with Gasteiger partial charge in [-0.15, -0.1) is 0 Å². The van der Waals surface area contributed by atoms with Crippen molar-refractivity contribution in [2.45, 2.75) is 26.3 Å². The number of ether oxygens (including phenoxy) is 3. The van der Waals surface area contributed by atoms with Gasteiger partial charge in [-0.1, -0.05) is 37.3 Å². The molecule has 8 nitrogen and oxygen atoms in total. The van der Waals surface area contributed by atoms with Gasteiger partial charge in [0.15, 0.2) is 18.1 Å².